The number of nitrogens with one attached hydrogen (secondary N) is 2. The average molecular weight is 358 g/mol. The molecule has 2 N–H and O–H groups in total. The molecule has 0 aliphatic rings. The molecule has 2 aromatic carbocycles. The van der Waals surface area contributed by atoms with Crippen LogP contribution >= 0.6 is 0 Å². The summed E-state index contributed by atoms with van der Waals surface area (Å²) < 4.78 is 15.1. The van der Waals surface area contributed by atoms with Crippen molar-refractivity contribution in [2.45, 2.75) is 13.1 Å². The van der Waals surface area contributed by atoms with Gasteiger partial charge in [-0.25, -0.2) is 9.59 Å². The molecule has 0 atom stereocenters. The first-order chi connectivity index (χ1) is 12.6. The standard InChI is InChI=1S/C19H22N2O5/c1-24-16-9-6-14(10-17(16)25-2)12-21-19(23)20-11-13-4-7-15(8-5-13)18(22)26-3/h4-10H,11-12H2,1-3H3,(H2,20,21,23). The van der Waals surface area contributed by atoms with Crippen LogP contribution in [0.25, 0.3) is 0 Å². The first-order valence-electron chi connectivity index (χ1n) is 7.97. The Morgan fingerprint density at radius 1 is 0.808 bits per heavy atom. The topological polar surface area (TPSA) is 85.9 Å². The van der Waals surface area contributed by atoms with Crippen molar-refractivity contribution in [1.82, 2.24) is 10.6 Å². The number of hydrogen-bond donors (Lipinski definition) is 2. The SMILES string of the molecule is COC(=O)c1ccc(CNC(=O)NCc2ccc(OC)c(OC)c2)cc1. The Hall–Kier alpha value is -3.22. The summed E-state index contributed by atoms with van der Waals surface area (Å²) in [5.74, 6) is 0.853. The first kappa shape index (κ1) is 19.1. The number of hydrogen-bond acceptors (Lipinski definition) is 5. The Labute approximate surface area is 152 Å². The summed E-state index contributed by atoms with van der Waals surface area (Å²) in [6.07, 6.45) is 0. The average Bonchev–Trinajstić information content (AvgIpc) is 2.70. The molecule has 0 aliphatic carbocycles. The second kappa shape index (κ2) is 9.31. The second-order valence-corrected chi connectivity index (χ2v) is 5.41. The second-order valence-electron chi connectivity index (χ2n) is 5.41. The van der Waals surface area contributed by atoms with Gasteiger partial charge in [-0.15, -0.1) is 0 Å². The molecule has 0 unspecified atom stereocenters. The number of methoxy groups -OCH3 is 3. The summed E-state index contributed by atoms with van der Waals surface area (Å²) in [5, 5.41) is 5.54. The van der Waals surface area contributed by atoms with Gasteiger partial charge in [0, 0.05) is 13.1 Å². The van der Waals surface area contributed by atoms with Crippen LogP contribution in [0, 0.1) is 0 Å². The summed E-state index contributed by atoms with van der Waals surface area (Å²) in [5.41, 5.74) is 2.23. The predicted molar refractivity (Wildman–Crippen MR) is 96.4 cm³/mol. The summed E-state index contributed by atoms with van der Waals surface area (Å²) in [6, 6.07) is 12.0. The summed E-state index contributed by atoms with van der Waals surface area (Å²) in [4.78, 5) is 23.3. The molecule has 0 fully saturated rings. The van der Waals surface area contributed by atoms with Gasteiger partial charge in [0.2, 0.25) is 0 Å². The minimum atomic E-state index is -0.392. The van der Waals surface area contributed by atoms with Gasteiger partial charge in [0.05, 0.1) is 26.9 Å². The molecule has 0 bridgehead atoms. The van der Waals surface area contributed by atoms with E-state index in [0.717, 1.165) is 11.1 Å². The molecule has 0 radical (unpaired) electrons. The number of carbonyl (C=O) groups excluding carboxylic acids is 2. The van der Waals surface area contributed by atoms with Gasteiger partial charge in [-0.05, 0) is 35.4 Å². The van der Waals surface area contributed by atoms with E-state index in [-0.39, 0.29) is 6.03 Å². The van der Waals surface area contributed by atoms with Crippen molar-refractivity contribution >= 4 is 12.0 Å². The van der Waals surface area contributed by atoms with E-state index in [1.165, 1.54) is 7.11 Å². The van der Waals surface area contributed by atoms with Crippen molar-refractivity contribution in [2.75, 3.05) is 21.3 Å². The van der Waals surface area contributed by atoms with E-state index < -0.39 is 5.97 Å². The van der Waals surface area contributed by atoms with Crippen LogP contribution < -0.4 is 20.1 Å². The Bertz CT molecular complexity index is 759. The van der Waals surface area contributed by atoms with Gasteiger partial charge in [0.1, 0.15) is 0 Å². The van der Waals surface area contributed by atoms with E-state index in [4.69, 9.17) is 9.47 Å². The largest absolute Gasteiger partial charge is 0.493 e. The maximum Gasteiger partial charge on any atom is 0.337 e. The molecule has 0 saturated carbocycles. The van der Waals surface area contributed by atoms with Crippen molar-refractivity contribution < 1.29 is 23.8 Å². The number of amides is 2. The van der Waals surface area contributed by atoms with E-state index in [0.29, 0.717) is 30.2 Å². The highest BCUT2D eigenvalue weighted by atomic mass is 16.5. The molecular formula is C19H22N2O5. The number of ether oxygens (including phenoxy) is 3. The highest BCUT2D eigenvalue weighted by Crippen LogP contribution is 2.27. The Morgan fingerprint density at radius 3 is 1.96 bits per heavy atom. The molecule has 7 nitrogen and oxygen atoms in total. The van der Waals surface area contributed by atoms with E-state index in [1.807, 2.05) is 12.1 Å². The monoisotopic (exact) mass is 358 g/mol. The summed E-state index contributed by atoms with van der Waals surface area (Å²) in [7, 11) is 4.47. The zero-order valence-corrected chi connectivity index (χ0v) is 15.0. The first-order valence-corrected chi connectivity index (χ1v) is 7.97. The van der Waals surface area contributed by atoms with Crippen LogP contribution in [0.2, 0.25) is 0 Å². The summed E-state index contributed by atoms with van der Waals surface area (Å²) in [6.45, 7) is 0.701. The van der Waals surface area contributed by atoms with Gasteiger partial charge < -0.3 is 24.8 Å². The van der Waals surface area contributed by atoms with Crippen LogP contribution in [0.3, 0.4) is 0 Å². The minimum Gasteiger partial charge on any atom is -0.493 e. The quantitative estimate of drug-likeness (QED) is 0.743. The van der Waals surface area contributed by atoms with Crippen molar-refractivity contribution in [2.24, 2.45) is 0 Å². The van der Waals surface area contributed by atoms with Gasteiger partial charge in [0.15, 0.2) is 11.5 Å². The number of carbonyl (C=O) groups is 2. The Balaban J connectivity index is 1.83. The van der Waals surface area contributed by atoms with Crippen molar-refractivity contribution in [3.63, 3.8) is 0 Å². The predicted octanol–water partition coefficient (Wildman–Crippen LogP) is 2.49. The smallest absolute Gasteiger partial charge is 0.337 e. The van der Waals surface area contributed by atoms with E-state index in [1.54, 1.807) is 44.6 Å². The molecule has 0 saturated heterocycles. The van der Waals surface area contributed by atoms with Gasteiger partial charge in [-0.3, -0.25) is 0 Å². The van der Waals surface area contributed by atoms with Gasteiger partial charge in [-0.2, -0.15) is 0 Å². The Morgan fingerprint density at radius 2 is 1.38 bits per heavy atom. The van der Waals surface area contributed by atoms with E-state index in [9.17, 15) is 9.59 Å². The maximum absolute atomic E-state index is 11.9. The third kappa shape index (κ3) is 5.14. The van der Waals surface area contributed by atoms with Crippen LogP contribution in [0.1, 0.15) is 21.5 Å². The van der Waals surface area contributed by atoms with Crippen LogP contribution in [0.5, 0.6) is 11.5 Å². The molecule has 26 heavy (non-hydrogen) atoms. The lowest BCUT2D eigenvalue weighted by atomic mass is 10.1. The van der Waals surface area contributed by atoms with Gasteiger partial charge in [-0.1, -0.05) is 18.2 Å². The molecule has 0 aromatic heterocycles. The molecule has 0 heterocycles. The van der Waals surface area contributed by atoms with Crippen molar-refractivity contribution in [3.05, 3.63) is 59.2 Å². The van der Waals surface area contributed by atoms with Crippen LogP contribution in [-0.4, -0.2) is 33.3 Å². The molecule has 7 heteroatoms. The highest BCUT2D eigenvalue weighted by Gasteiger charge is 2.07. The van der Waals surface area contributed by atoms with Crippen molar-refractivity contribution in [1.29, 1.82) is 0 Å². The molecule has 2 rings (SSSR count). The maximum atomic E-state index is 11.9. The molecule has 0 spiro atoms. The number of benzene rings is 2. The van der Waals surface area contributed by atoms with Crippen LogP contribution in [0.15, 0.2) is 42.5 Å². The fourth-order valence-electron chi connectivity index (χ4n) is 2.29. The molecule has 0 aliphatic heterocycles. The molecule has 2 aromatic rings. The lowest BCUT2D eigenvalue weighted by Gasteiger charge is -2.11. The minimum absolute atomic E-state index is 0.295. The summed E-state index contributed by atoms with van der Waals surface area (Å²) >= 11 is 0. The molecule has 2 amide bonds. The molecular weight excluding hydrogens is 336 g/mol. The zero-order valence-electron chi connectivity index (χ0n) is 15.0. The highest BCUT2D eigenvalue weighted by molar-refractivity contribution is 5.89. The van der Waals surface area contributed by atoms with E-state index >= 15 is 0 Å². The van der Waals surface area contributed by atoms with Crippen LogP contribution in [0.4, 0.5) is 4.79 Å². The fourth-order valence-corrected chi connectivity index (χ4v) is 2.29. The van der Waals surface area contributed by atoms with E-state index in [2.05, 4.69) is 15.4 Å². The molecule has 138 valence electrons. The fraction of sp³-hybridized carbons (Fsp3) is 0.263. The number of urea groups is 1. The normalized spacial score (nSPS) is 9.96. The Kier molecular flexibility index (Phi) is 6.84. The van der Waals surface area contributed by atoms with Crippen LogP contribution in [-0.2, 0) is 17.8 Å². The number of rotatable bonds is 7. The lowest BCUT2D eigenvalue weighted by Crippen LogP contribution is -2.34. The third-order valence-electron chi connectivity index (χ3n) is 3.73. The number of esters is 1. The van der Waals surface area contributed by atoms with Crippen molar-refractivity contribution in [3.8, 4) is 11.5 Å². The third-order valence-corrected chi connectivity index (χ3v) is 3.73. The van der Waals surface area contributed by atoms with Gasteiger partial charge in [0.25, 0.3) is 0 Å². The lowest BCUT2D eigenvalue weighted by molar-refractivity contribution is 0.0600. The zero-order chi connectivity index (χ0) is 18.9. The van der Waals surface area contributed by atoms with Gasteiger partial charge >= 0.3 is 12.0 Å².